The number of anilines is 1. The van der Waals surface area contributed by atoms with Crippen molar-refractivity contribution in [2.75, 3.05) is 17.7 Å². The van der Waals surface area contributed by atoms with Gasteiger partial charge in [-0.2, -0.15) is 5.10 Å². The summed E-state index contributed by atoms with van der Waals surface area (Å²) in [5, 5.41) is 6.09. The van der Waals surface area contributed by atoms with Crippen LogP contribution in [0.25, 0.3) is 10.8 Å². The Morgan fingerprint density at radius 2 is 1.73 bits per heavy atom. The van der Waals surface area contributed by atoms with E-state index in [-0.39, 0.29) is 0 Å². The highest BCUT2D eigenvalue weighted by atomic mass is 32.2. The molecule has 156 valence electrons. The van der Waals surface area contributed by atoms with Crippen molar-refractivity contribution in [1.82, 2.24) is 5.43 Å². The molecule has 0 bridgehead atoms. The Balaban J connectivity index is 1.79. The van der Waals surface area contributed by atoms with Crippen LogP contribution in [0.4, 0.5) is 5.69 Å². The van der Waals surface area contributed by atoms with E-state index in [1.807, 2.05) is 42.5 Å². The fraction of sp³-hybridized carbons (Fsp3) is 0.182. The second-order valence-electron chi connectivity index (χ2n) is 6.74. The van der Waals surface area contributed by atoms with Crippen LogP contribution in [-0.2, 0) is 14.8 Å². The zero-order valence-electron chi connectivity index (χ0n) is 16.9. The lowest BCUT2D eigenvalue weighted by Gasteiger charge is -2.27. The van der Waals surface area contributed by atoms with Crippen LogP contribution in [0.15, 0.2) is 71.8 Å². The third-order valence-electron chi connectivity index (χ3n) is 4.62. The summed E-state index contributed by atoms with van der Waals surface area (Å²) in [5.74, 6) is 0.0386. The Labute approximate surface area is 176 Å². The minimum Gasteiger partial charge on any atom is -0.497 e. The summed E-state index contributed by atoms with van der Waals surface area (Å²) < 4.78 is 30.9. The van der Waals surface area contributed by atoms with Gasteiger partial charge in [-0.3, -0.25) is 9.10 Å². The van der Waals surface area contributed by atoms with Crippen molar-refractivity contribution in [1.29, 1.82) is 0 Å². The first kappa shape index (κ1) is 21.3. The first-order valence-electron chi connectivity index (χ1n) is 9.25. The van der Waals surface area contributed by atoms with Crippen molar-refractivity contribution in [3.63, 3.8) is 0 Å². The van der Waals surface area contributed by atoms with Gasteiger partial charge < -0.3 is 4.74 Å². The number of methoxy groups -OCH3 is 1. The molecule has 0 heterocycles. The number of amides is 1. The molecule has 1 atom stereocenters. The highest BCUT2D eigenvalue weighted by Crippen LogP contribution is 2.24. The molecule has 1 N–H and O–H groups in total. The predicted molar refractivity (Wildman–Crippen MR) is 119 cm³/mol. The molecular weight excluding hydrogens is 402 g/mol. The fourth-order valence-corrected chi connectivity index (χ4v) is 4.33. The third-order valence-corrected chi connectivity index (χ3v) is 5.86. The van der Waals surface area contributed by atoms with E-state index in [0.29, 0.717) is 11.4 Å². The van der Waals surface area contributed by atoms with Crippen LogP contribution in [0.5, 0.6) is 5.75 Å². The lowest BCUT2D eigenvalue weighted by molar-refractivity contribution is -0.121. The SMILES string of the molecule is COc1ccc(N(C(C)C(=O)NN=Cc2cccc3ccccc23)S(C)(=O)=O)cc1. The molecule has 3 aromatic rings. The molecule has 7 nitrogen and oxygen atoms in total. The van der Waals surface area contributed by atoms with Crippen molar-refractivity contribution >= 4 is 38.6 Å². The van der Waals surface area contributed by atoms with Crippen molar-refractivity contribution in [2.45, 2.75) is 13.0 Å². The molecule has 0 radical (unpaired) electrons. The minimum atomic E-state index is -3.71. The van der Waals surface area contributed by atoms with Gasteiger partial charge in [0.15, 0.2) is 0 Å². The van der Waals surface area contributed by atoms with Crippen LogP contribution in [0.3, 0.4) is 0 Å². The van der Waals surface area contributed by atoms with E-state index < -0.39 is 22.0 Å². The van der Waals surface area contributed by atoms with Crippen LogP contribution in [-0.4, -0.2) is 39.9 Å². The summed E-state index contributed by atoms with van der Waals surface area (Å²) in [4.78, 5) is 12.6. The Hall–Kier alpha value is -3.39. The van der Waals surface area contributed by atoms with Crippen LogP contribution < -0.4 is 14.5 Å². The van der Waals surface area contributed by atoms with E-state index in [2.05, 4.69) is 10.5 Å². The van der Waals surface area contributed by atoms with Crippen molar-refractivity contribution in [2.24, 2.45) is 5.10 Å². The maximum absolute atomic E-state index is 12.6. The molecule has 0 aromatic heterocycles. The molecule has 8 heteroatoms. The average molecular weight is 426 g/mol. The molecule has 0 aliphatic carbocycles. The van der Waals surface area contributed by atoms with Gasteiger partial charge in [-0.05, 0) is 42.0 Å². The van der Waals surface area contributed by atoms with Crippen LogP contribution in [0.1, 0.15) is 12.5 Å². The lowest BCUT2D eigenvalue weighted by atomic mass is 10.1. The summed E-state index contributed by atoms with van der Waals surface area (Å²) >= 11 is 0. The molecule has 1 amide bonds. The molecule has 0 fully saturated rings. The zero-order chi connectivity index (χ0) is 21.7. The van der Waals surface area contributed by atoms with Gasteiger partial charge in [0.2, 0.25) is 10.0 Å². The van der Waals surface area contributed by atoms with Crippen molar-refractivity contribution in [3.8, 4) is 5.75 Å². The maximum Gasteiger partial charge on any atom is 0.263 e. The number of nitrogens with zero attached hydrogens (tertiary/aromatic N) is 2. The van der Waals surface area contributed by atoms with Crippen molar-refractivity contribution in [3.05, 3.63) is 72.3 Å². The standard InChI is InChI=1S/C22H23N3O4S/c1-16(25(30(3,27)28)19-11-13-20(29-2)14-12-19)22(26)24-23-15-18-9-6-8-17-7-4-5-10-21(17)18/h4-16H,1-3H3,(H,24,26). The molecular formula is C22H23N3O4S. The third kappa shape index (κ3) is 4.77. The molecule has 1 unspecified atom stereocenters. The fourth-order valence-electron chi connectivity index (χ4n) is 3.16. The molecule has 0 spiro atoms. The van der Waals surface area contributed by atoms with E-state index >= 15 is 0 Å². The Morgan fingerprint density at radius 3 is 2.40 bits per heavy atom. The second kappa shape index (κ2) is 8.96. The normalized spacial score (nSPS) is 12.6. The largest absolute Gasteiger partial charge is 0.497 e. The Morgan fingerprint density at radius 1 is 1.07 bits per heavy atom. The molecule has 0 aliphatic rings. The van der Waals surface area contributed by atoms with Gasteiger partial charge in [0, 0.05) is 5.56 Å². The number of carbonyl (C=O) groups excluding carboxylic acids is 1. The van der Waals surface area contributed by atoms with Gasteiger partial charge >= 0.3 is 0 Å². The maximum atomic E-state index is 12.6. The van der Waals surface area contributed by atoms with E-state index in [0.717, 1.165) is 26.9 Å². The number of sulfonamides is 1. The predicted octanol–water partition coefficient (Wildman–Crippen LogP) is 3.15. The van der Waals surface area contributed by atoms with E-state index in [4.69, 9.17) is 4.74 Å². The smallest absolute Gasteiger partial charge is 0.263 e. The summed E-state index contributed by atoms with van der Waals surface area (Å²) in [5.41, 5.74) is 3.64. The second-order valence-corrected chi connectivity index (χ2v) is 8.59. The van der Waals surface area contributed by atoms with Crippen molar-refractivity contribution < 1.29 is 17.9 Å². The molecule has 30 heavy (non-hydrogen) atoms. The van der Waals surface area contributed by atoms with Gasteiger partial charge in [-0.15, -0.1) is 0 Å². The summed E-state index contributed by atoms with van der Waals surface area (Å²) in [6, 6.07) is 19.1. The number of rotatable bonds is 7. The lowest BCUT2D eigenvalue weighted by Crippen LogP contribution is -2.46. The first-order chi connectivity index (χ1) is 14.3. The summed E-state index contributed by atoms with van der Waals surface area (Å²) in [6.07, 6.45) is 2.60. The van der Waals surface area contributed by atoms with Crippen LogP contribution in [0.2, 0.25) is 0 Å². The topological polar surface area (TPSA) is 88.1 Å². The highest BCUT2D eigenvalue weighted by molar-refractivity contribution is 7.92. The van der Waals surface area contributed by atoms with E-state index in [9.17, 15) is 13.2 Å². The zero-order valence-corrected chi connectivity index (χ0v) is 17.8. The van der Waals surface area contributed by atoms with E-state index in [1.165, 1.54) is 14.0 Å². The molecule has 0 aliphatic heterocycles. The van der Waals surface area contributed by atoms with Crippen LogP contribution in [0, 0.1) is 0 Å². The molecule has 3 aromatic carbocycles. The van der Waals surface area contributed by atoms with Gasteiger partial charge in [0.05, 0.1) is 25.3 Å². The number of benzene rings is 3. The van der Waals surface area contributed by atoms with Gasteiger partial charge in [-0.1, -0.05) is 42.5 Å². The number of nitrogens with one attached hydrogen (secondary N) is 1. The number of ether oxygens (including phenoxy) is 1. The number of hydrogen-bond acceptors (Lipinski definition) is 5. The quantitative estimate of drug-likeness (QED) is 0.465. The molecule has 3 rings (SSSR count). The summed E-state index contributed by atoms with van der Waals surface area (Å²) in [7, 11) is -2.19. The number of hydrogen-bond donors (Lipinski definition) is 1. The number of hydrazone groups is 1. The summed E-state index contributed by atoms with van der Waals surface area (Å²) in [6.45, 7) is 1.51. The van der Waals surface area contributed by atoms with Gasteiger partial charge in [0.25, 0.3) is 5.91 Å². The van der Waals surface area contributed by atoms with Crippen LogP contribution >= 0.6 is 0 Å². The Bertz CT molecular complexity index is 1170. The van der Waals surface area contributed by atoms with Gasteiger partial charge in [0.1, 0.15) is 11.8 Å². The Kier molecular flexibility index (Phi) is 6.37. The van der Waals surface area contributed by atoms with E-state index in [1.54, 1.807) is 30.5 Å². The first-order valence-corrected chi connectivity index (χ1v) is 11.1. The van der Waals surface area contributed by atoms with Gasteiger partial charge in [-0.25, -0.2) is 13.8 Å². The minimum absolute atomic E-state index is 0.360. The monoisotopic (exact) mass is 425 g/mol. The highest BCUT2D eigenvalue weighted by Gasteiger charge is 2.29. The molecule has 0 saturated heterocycles. The number of fused-ring (bicyclic) bond motifs is 1. The average Bonchev–Trinajstić information content (AvgIpc) is 2.73. The molecule has 0 saturated carbocycles. The number of carbonyl (C=O) groups is 1.